The van der Waals surface area contributed by atoms with Gasteiger partial charge < -0.3 is 9.64 Å². The third kappa shape index (κ3) is 1.65. The molecular formula is C15H14F3NO3. The molecule has 0 radical (unpaired) electrons. The first kappa shape index (κ1) is 14.9. The lowest BCUT2D eigenvalue weighted by Crippen LogP contribution is -2.32. The van der Waals surface area contributed by atoms with Crippen LogP contribution in [0, 0.1) is 17.7 Å². The lowest BCUT2D eigenvalue weighted by molar-refractivity contribution is -0.146. The Labute approximate surface area is 124 Å². The van der Waals surface area contributed by atoms with Crippen LogP contribution in [0.3, 0.4) is 0 Å². The lowest BCUT2D eigenvalue weighted by Gasteiger charge is -2.11. The monoisotopic (exact) mass is 313 g/mol. The maximum Gasteiger partial charge on any atom is 0.310 e. The van der Waals surface area contributed by atoms with E-state index in [0.29, 0.717) is 5.69 Å². The predicted octanol–water partition coefficient (Wildman–Crippen LogP) is 2.11. The molecule has 1 spiro atoms. The van der Waals surface area contributed by atoms with Crippen LogP contribution in [-0.4, -0.2) is 32.0 Å². The topological polar surface area (TPSA) is 46.6 Å². The largest absolute Gasteiger partial charge is 0.466 e. The van der Waals surface area contributed by atoms with Crippen molar-refractivity contribution in [2.75, 3.05) is 18.6 Å². The molecule has 0 aromatic heterocycles. The van der Waals surface area contributed by atoms with E-state index in [2.05, 4.69) is 0 Å². The molecule has 1 aliphatic heterocycles. The highest BCUT2D eigenvalue weighted by atomic mass is 19.3. The van der Waals surface area contributed by atoms with Crippen molar-refractivity contribution in [2.45, 2.75) is 18.8 Å². The molecule has 1 aliphatic carbocycles. The summed E-state index contributed by atoms with van der Waals surface area (Å²) in [5.41, 5.74) is -1.21. The molecule has 118 valence electrons. The Hall–Kier alpha value is -2.05. The van der Waals surface area contributed by atoms with Gasteiger partial charge >= 0.3 is 5.97 Å². The van der Waals surface area contributed by atoms with E-state index in [9.17, 15) is 22.8 Å². The Balaban J connectivity index is 2.15. The van der Waals surface area contributed by atoms with Crippen LogP contribution in [0.25, 0.3) is 0 Å². The molecule has 1 heterocycles. The smallest absolute Gasteiger partial charge is 0.310 e. The van der Waals surface area contributed by atoms with Crippen molar-refractivity contribution >= 4 is 17.6 Å². The molecule has 0 N–H and O–H groups in total. The zero-order valence-electron chi connectivity index (χ0n) is 12.0. The fraction of sp³-hybridized carbons (Fsp3) is 0.467. The molecular weight excluding hydrogens is 299 g/mol. The summed E-state index contributed by atoms with van der Waals surface area (Å²) >= 11 is 0. The molecule has 0 unspecified atom stereocenters. The standard InChI is InChI=1S/C15H14F3NO3/c1-3-22-13(20)11-10(12(17)18)15(11)8-6-7(16)4-5-9(8)19(2)14(15)21/h4-6,10-12H,3H2,1-2H3/t10-,11-,15+/m0/s1. The second-order valence-corrected chi connectivity index (χ2v) is 5.48. The second kappa shape index (κ2) is 4.72. The molecule has 3 rings (SSSR count). The highest BCUT2D eigenvalue weighted by Gasteiger charge is 2.80. The van der Waals surface area contributed by atoms with Gasteiger partial charge in [-0.25, -0.2) is 13.2 Å². The first-order chi connectivity index (χ1) is 10.4. The molecule has 22 heavy (non-hydrogen) atoms. The van der Waals surface area contributed by atoms with Crippen LogP contribution in [0.5, 0.6) is 0 Å². The molecule has 1 aromatic carbocycles. The van der Waals surface area contributed by atoms with E-state index >= 15 is 0 Å². The van der Waals surface area contributed by atoms with Gasteiger partial charge in [0.25, 0.3) is 0 Å². The number of rotatable bonds is 3. The molecule has 1 aromatic rings. The fourth-order valence-electron chi connectivity index (χ4n) is 3.58. The Morgan fingerprint density at radius 2 is 2.14 bits per heavy atom. The van der Waals surface area contributed by atoms with E-state index < -0.39 is 41.4 Å². The third-order valence-corrected chi connectivity index (χ3v) is 4.50. The molecule has 1 fully saturated rings. The van der Waals surface area contributed by atoms with Crippen LogP contribution in [0.15, 0.2) is 18.2 Å². The number of fused-ring (bicyclic) bond motifs is 2. The van der Waals surface area contributed by atoms with Crippen LogP contribution >= 0.6 is 0 Å². The van der Waals surface area contributed by atoms with Gasteiger partial charge in [-0.15, -0.1) is 0 Å². The van der Waals surface area contributed by atoms with E-state index in [1.165, 1.54) is 18.0 Å². The number of likely N-dealkylation sites (N-methyl/N-ethyl adjacent to an activating group) is 1. The van der Waals surface area contributed by atoms with E-state index in [1.807, 2.05) is 0 Å². The van der Waals surface area contributed by atoms with E-state index in [-0.39, 0.29) is 12.2 Å². The highest BCUT2D eigenvalue weighted by Crippen LogP contribution is 2.68. The number of hydrogen-bond donors (Lipinski definition) is 0. The number of carbonyl (C=O) groups is 2. The zero-order valence-corrected chi connectivity index (χ0v) is 12.0. The molecule has 2 aliphatic rings. The summed E-state index contributed by atoms with van der Waals surface area (Å²) in [6.07, 6.45) is -2.87. The van der Waals surface area contributed by atoms with Gasteiger partial charge in [0.2, 0.25) is 12.3 Å². The average molecular weight is 313 g/mol. The average Bonchev–Trinajstić information content (AvgIpc) is 3.12. The van der Waals surface area contributed by atoms with Gasteiger partial charge in [0, 0.05) is 12.7 Å². The van der Waals surface area contributed by atoms with Gasteiger partial charge in [0.15, 0.2) is 0 Å². The number of benzene rings is 1. The molecule has 1 amide bonds. The third-order valence-electron chi connectivity index (χ3n) is 4.50. The minimum atomic E-state index is -2.87. The maximum absolute atomic E-state index is 13.6. The molecule has 4 nitrogen and oxygen atoms in total. The quantitative estimate of drug-likeness (QED) is 0.803. The molecule has 0 saturated heterocycles. The molecule has 0 bridgehead atoms. The van der Waals surface area contributed by atoms with Crippen LogP contribution in [-0.2, 0) is 19.7 Å². The number of alkyl halides is 2. The van der Waals surface area contributed by atoms with Gasteiger partial charge in [-0.1, -0.05) is 0 Å². The summed E-state index contributed by atoms with van der Waals surface area (Å²) in [5.74, 6) is -4.85. The van der Waals surface area contributed by atoms with Crippen LogP contribution in [0.4, 0.5) is 18.9 Å². The van der Waals surface area contributed by atoms with Crippen molar-refractivity contribution in [3.63, 3.8) is 0 Å². The number of esters is 1. The van der Waals surface area contributed by atoms with E-state index in [1.54, 1.807) is 6.92 Å². The summed E-state index contributed by atoms with van der Waals surface area (Å²) in [4.78, 5) is 25.8. The molecule has 3 atom stereocenters. The second-order valence-electron chi connectivity index (χ2n) is 5.48. The Morgan fingerprint density at radius 3 is 2.73 bits per heavy atom. The predicted molar refractivity (Wildman–Crippen MR) is 71.1 cm³/mol. The SMILES string of the molecule is CCOC(=O)[C@@H]1[C@@H](C(F)F)[C@@]12C(=O)N(C)c1ccc(F)cc12. The minimum absolute atomic E-state index is 0.0292. The van der Waals surface area contributed by atoms with Crippen molar-refractivity contribution < 1.29 is 27.5 Å². The number of nitrogens with zero attached hydrogens (tertiary/aromatic N) is 1. The fourth-order valence-corrected chi connectivity index (χ4v) is 3.58. The number of halogens is 3. The Morgan fingerprint density at radius 1 is 1.45 bits per heavy atom. The number of ether oxygens (including phenoxy) is 1. The number of hydrogen-bond acceptors (Lipinski definition) is 3. The van der Waals surface area contributed by atoms with Crippen molar-refractivity contribution in [1.29, 1.82) is 0 Å². The first-order valence-corrected chi connectivity index (χ1v) is 6.90. The first-order valence-electron chi connectivity index (χ1n) is 6.90. The lowest BCUT2D eigenvalue weighted by atomic mass is 9.93. The Bertz CT molecular complexity index is 663. The number of anilines is 1. The number of amides is 1. The van der Waals surface area contributed by atoms with Gasteiger partial charge in [-0.05, 0) is 30.7 Å². The zero-order chi connectivity index (χ0) is 16.2. The van der Waals surface area contributed by atoms with Crippen LogP contribution < -0.4 is 4.90 Å². The van der Waals surface area contributed by atoms with Gasteiger partial charge in [0.1, 0.15) is 5.82 Å². The van der Waals surface area contributed by atoms with Crippen molar-refractivity contribution in [3.05, 3.63) is 29.6 Å². The van der Waals surface area contributed by atoms with Gasteiger partial charge in [0.05, 0.1) is 23.9 Å². The maximum atomic E-state index is 13.6. The van der Waals surface area contributed by atoms with E-state index in [0.717, 1.165) is 12.1 Å². The summed E-state index contributed by atoms with van der Waals surface area (Å²) < 4.78 is 45.2. The minimum Gasteiger partial charge on any atom is -0.466 e. The van der Waals surface area contributed by atoms with Gasteiger partial charge in [-0.3, -0.25) is 9.59 Å². The summed E-state index contributed by atoms with van der Waals surface area (Å²) in [6.45, 7) is 1.59. The Kier molecular flexibility index (Phi) is 3.19. The molecule has 1 saturated carbocycles. The summed E-state index contributed by atoms with van der Waals surface area (Å²) in [6, 6.07) is 3.58. The summed E-state index contributed by atoms with van der Waals surface area (Å²) in [5, 5.41) is 0. The summed E-state index contributed by atoms with van der Waals surface area (Å²) in [7, 11) is 1.43. The van der Waals surface area contributed by atoms with Crippen LogP contribution in [0.1, 0.15) is 12.5 Å². The highest BCUT2D eigenvalue weighted by molar-refractivity contribution is 6.14. The van der Waals surface area contributed by atoms with Crippen LogP contribution in [0.2, 0.25) is 0 Å². The number of carbonyl (C=O) groups excluding carboxylic acids is 2. The van der Waals surface area contributed by atoms with Crippen molar-refractivity contribution in [3.8, 4) is 0 Å². The van der Waals surface area contributed by atoms with E-state index in [4.69, 9.17) is 4.74 Å². The van der Waals surface area contributed by atoms with Crippen molar-refractivity contribution in [1.82, 2.24) is 0 Å². The molecule has 7 heteroatoms. The normalized spacial score (nSPS) is 29.2. The van der Waals surface area contributed by atoms with Crippen molar-refractivity contribution in [2.24, 2.45) is 11.8 Å². The van der Waals surface area contributed by atoms with Gasteiger partial charge in [-0.2, -0.15) is 0 Å².